The minimum absolute atomic E-state index is 0.462. The molecule has 3 rings (SSSR count). The van der Waals surface area contributed by atoms with Crippen LogP contribution in [0.15, 0.2) is 0 Å². The molecule has 3 nitrogen and oxygen atoms in total. The summed E-state index contributed by atoms with van der Waals surface area (Å²) in [6.07, 6.45) is 6.88. The Morgan fingerprint density at radius 3 is 2.74 bits per heavy atom. The molecule has 3 aliphatic heterocycles. The standard InChI is InChI=1S/C15H29N3S/c1-17-9-3-10-18(14-4-2-11-19-12-14)13-15(17)5-7-16-8-6-15/h14,16H,2-13H2,1H3. The monoisotopic (exact) mass is 283 g/mol. The number of nitrogens with zero attached hydrogens (tertiary/aromatic N) is 2. The molecule has 1 spiro atoms. The molecule has 0 aromatic rings. The molecule has 0 aromatic heterocycles. The molecule has 0 bridgehead atoms. The van der Waals surface area contributed by atoms with Crippen molar-refractivity contribution in [3.63, 3.8) is 0 Å². The van der Waals surface area contributed by atoms with Crippen molar-refractivity contribution in [1.29, 1.82) is 0 Å². The molecule has 3 fully saturated rings. The van der Waals surface area contributed by atoms with Crippen LogP contribution in [0.2, 0.25) is 0 Å². The van der Waals surface area contributed by atoms with Gasteiger partial charge < -0.3 is 5.32 Å². The van der Waals surface area contributed by atoms with E-state index in [2.05, 4.69) is 33.9 Å². The normalized spacial score (nSPS) is 34.3. The smallest absolute Gasteiger partial charge is 0.0357 e. The fourth-order valence-corrected chi connectivity index (χ4v) is 5.27. The van der Waals surface area contributed by atoms with Crippen LogP contribution < -0.4 is 5.32 Å². The maximum absolute atomic E-state index is 3.54. The minimum atomic E-state index is 0.462. The van der Waals surface area contributed by atoms with Crippen molar-refractivity contribution in [2.24, 2.45) is 0 Å². The van der Waals surface area contributed by atoms with Crippen LogP contribution in [0.25, 0.3) is 0 Å². The van der Waals surface area contributed by atoms with Crippen LogP contribution in [0.4, 0.5) is 0 Å². The Morgan fingerprint density at radius 2 is 2.00 bits per heavy atom. The van der Waals surface area contributed by atoms with Crippen molar-refractivity contribution in [2.45, 2.75) is 43.7 Å². The van der Waals surface area contributed by atoms with Crippen LogP contribution in [-0.2, 0) is 0 Å². The van der Waals surface area contributed by atoms with Crippen LogP contribution in [-0.4, -0.2) is 72.7 Å². The molecule has 0 amide bonds. The summed E-state index contributed by atoms with van der Waals surface area (Å²) in [6.45, 7) is 6.34. The summed E-state index contributed by atoms with van der Waals surface area (Å²) in [5.41, 5.74) is 0.462. The van der Waals surface area contributed by atoms with Crippen LogP contribution in [0, 0.1) is 0 Å². The largest absolute Gasteiger partial charge is 0.317 e. The summed E-state index contributed by atoms with van der Waals surface area (Å²) in [5.74, 6) is 2.76. The summed E-state index contributed by atoms with van der Waals surface area (Å²) < 4.78 is 0. The van der Waals surface area contributed by atoms with Crippen molar-refractivity contribution >= 4 is 11.8 Å². The van der Waals surface area contributed by atoms with Crippen LogP contribution >= 0.6 is 11.8 Å². The Balaban J connectivity index is 1.71. The van der Waals surface area contributed by atoms with E-state index in [4.69, 9.17) is 0 Å². The molecule has 1 N–H and O–H groups in total. The van der Waals surface area contributed by atoms with E-state index in [1.807, 2.05) is 0 Å². The number of piperidine rings is 1. The Labute approximate surface area is 122 Å². The van der Waals surface area contributed by atoms with E-state index in [9.17, 15) is 0 Å². The van der Waals surface area contributed by atoms with Crippen LogP contribution in [0.5, 0.6) is 0 Å². The molecule has 0 radical (unpaired) electrons. The summed E-state index contributed by atoms with van der Waals surface area (Å²) in [5, 5.41) is 3.54. The van der Waals surface area contributed by atoms with E-state index in [1.54, 1.807) is 0 Å². The Bertz CT molecular complexity index is 285. The lowest BCUT2D eigenvalue weighted by molar-refractivity contribution is 0.0539. The minimum Gasteiger partial charge on any atom is -0.317 e. The average Bonchev–Trinajstić information content (AvgIpc) is 2.62. The van der Waals surface area contributed by atoms with Gasteiger partial charge in [0, 0.05) is 23.9 Å². The van der Waals surface area contributed by atoms with E-state index >= 15 is 0 Å². The SMILES string of the molecule is CN1CCCN(C2CCCSC2)CC12CCNCC2. The van der Waals surface area contributed by atoms with E-state index in [0.29, 0.717) is 5.54 Å². The lowest BCUT2D eigenvalue weighted by atomic mass is 9.86. The van der Waals surface area contributed by atoms with Gasteiger partial charge in [0.25, 0.3) is 0 Å². The topological polar surface area (TPSA) is 18.5 Å². The number of hydrogen-bond acceptors (Lipinski definition) is 4. The number of nitrogens with one attached hydrogen (secondary N) is 1. The summed E-state index contributed by atoms with van der Waals surface area (Å²) in [4.78, 5) is 5.53. The van der Waals surface area contributed by atoms with Gasteiger partial charge in [0.15, 0.2) is 0 Å². The van der Waals surface area contributed by atoms with E-state index < -0.39 is 0 Å². The zero-order valence-corrected chi connectivity index (χ0v) is 13.2. The molecule has 4 heteroatoms. The van der Waals surface area contributed by atoms with Gasteiger partial charge in [-0.05, 0) is 71.1 Å². The zero-order chi connectivity index (χ0) is 13.1. The predicted molar refractivity (Wildman–Crippen MR) is 84.0 cm³/mol. The Hall–Kier alpha value is 0.230. The molecule has 1 atom stereocenters. The summed E-state index contributed by atoms with van der Waals surface area (Å²) >= 11 is 2.17. The average molecular weight is 283 g/mol. The van der Waals surface area contributed by atoms with Gasteiger partial charge in [-0.15, -0.1) is 0 Å². The molecular weight excluding hydrogens is 254 g/mol. The van der Waals surface area contributed by atoms with Gasteiger partial charge in [-0.2, -0.15) is 11.8 Å². The van der Waals surface area contributed by atoms with Crippen molar-refractivity contribution in [3.05, 3.63) is 0 Å². The van der Waals surface area contributed by atoms with Crippen LogP contribution in [0.1, 0.15) is 32.1 Å². The molecule has 0 saturated carbocycles. The summed E-state index contributed by atoms with van der Waals surface area (Å²) in [7, 11) is 2.37. The number of likely N-dealkylation sites (N-methyl/N-ethyl adjacent to an activating group) is 1. The lowest BCUT2D eigenvalue weighted by Gasteiger charge is -2.47. The third-order valence-electron chi connectivity index (χ3n) is 5.43. The maximum Gasteiger partial charge on any atom is 0.0357 e. The zero-order valence-electron chi connectivity index (χ0n) is 12.4. The van der Waals surface area contributed by atoms with E-state index in [1.165, 1.54) is 76.3 Å². The van der Waals surface area contributed by atoms with E-state index in [-0.39, 0.29) is 0 Å². The highest BCUT2D eigenvalue weighted by atomic mass is 32.2. The Kier molecular flexibility index (Phi) is 4.73. The van der Waals surface area contributed by atoms with Crippen molar-refractivity contribution in [3.8, 4) is 0 Å². The van der Waals surface area contributed by atoms with Crippen molar-refractivity contribution in [1.82, 2.24) is 15.1 Å². The molecule has 3 saturated heterocycles. The van der Waals surface area contributed by atoms with Gasteiger partial charge in [-0.25, -0.2) is 0 Å². The molecule has 1 unspecified atom stereocenters. The second-order valence-corrected chi connectivity index (χ2v) is 7.74. The quantitative estimate of drug-likeness (QED) is 0.788. The molecule has 110 valence electrons. The second-order valence-electron chi connectivity index (χ2n) is 6.59. The first kappa shape index (κ1) is 14.2. The first-order chi connectivity index (χ1) is 9.30. The van der Waals surface area contributed by atoms with Gasteiger partial charge >= 0.3 is 0 Å². The predicted octanol–water partition coefficient (Wildman–Crippen LogP) is 1.64. The first-order valence-electron chi connectivity index (χ1n) is 8.04. The number of thioether (sulfide) groups is 1. The van der Waals surface area contributed by atoms with Gasteiger partial charge in [-0.1, -0.05) is 0 Å². The maximum atomic E-state index is 3.54. The van der Waals surface area contributed by atoms with Gasteiger partial charge in [-0.3, -0.25) is 9.80 Å². The van der Waals surface area contributed by atoms with E-state index in [0.717, 1.165) is 6.04 Å². The first-order valence-corrected chi connectivity index (χ1v) is 9.19. The van der Waals surface area contributed by atoms with Gasteiger partial charge in [0.05, 0.1) is 0 Å². The highest BCUT2D eigenvalue weighted by Crippen LogP contribution is 2.32. The highest BCUT2D eigenvalue weighted by molar-refractivity contribution is 7.99. The van der Waals surface area contributed by atoms with Crippen molar-refractivity contribution < 1.29 is 0 Å². The molecule has 19 heavy (non-hydrogen) atoms. The van der Waals surface area contributed by atoms with Gasteiger partial charge in [0.1, 0.15) is 0 Å². The van der Waals surface area contributed by atoms with Gasteiger partial charge in [0.2, 0.25) is 0 Å². The Morgan fingerprint density at radius 1 is 1.16 bits per heavy atom. The second kappa shape index (κ2) is 6.33. The molecule has 0 aromatic carbocycles. The fourth-order valence-electron chi connectivity index (χ4n) is 4.08. The molecule has 0 aliphatic carbocycles. The summed E-state index contributed by atoms with van der Waals surface area (Å²) in [6, 6.07) is 0.858. The molecular formula is C15H29N3S. The third-order valence-corrected chi connectivity index (χ3v) is 6.63. The fraction of sp³-hybridized carbons (Fsp3) is 1.00. The van der Waals surface area contributed by atoms with Crippen LogP contribution in [0.3, 0.4) is 0 Å². The third kappa shape index (κ3) is 3.12. The molecule has 3 heterocycles. The number of rotatable bonds is 1. The molecule has 3 aliphatic rings. The van der Waals surface area contributed by atoms with Crippen molar-refractivity contribution in [2.75, 3.05) is 51.3 Å². The number of hydrogen-bond donors (Lipinski definition) is 1. The lowest BCUT2D eigenvalue weighted by Crippen LogP contribution is -2.58. The highest BCUT2D eigenvalue weighted by Gasteiger charge is 2.40.